The molecule has 1 rings (SSSR count). The van der Waals surface area contributed by atoms with Crippen LogP contribution < -0.4 is 0 Å². The van der Waals surface area contributed by atoms with Crippen LogP contribution in [-0.2, 0) is 17.1 Å². The van der Waals surface area contributed by atoms with Gasteiger partial charge >= 0.3 is 5.97 Å². The normalized spacial score (nSPS) is 10.4. The molecule has 14 heavy (non-hydrogen) atoms. The molecule has 0 unspecified atom stereocenters. The first kappa shape index (κ1) is 11.1. The van der Waals surface area contributed by atoms with E-state index in [0.29, 0.717) is 5.75 Å². The number of aromatic nitrogens is 2. The molecular weight excluding hydrogens is 200 g/mol. The number of aryl methyl sites for hydroxylation is 2. The SMILES string of the molecule is CCn1nc(C)cc1CSCC(=O)O. The van der Waals surface area contributed by atoms with E-state index in [0.717, 1.165) is 17.9 Å². The van der Waals surface area contributed by atoms with Gasteiger partial charge in [0.05, 0.1) is 11.4 Å². The summed E-state index contributed by atoms with van der Waals surface area (Å²) in [5.41, 5.74) is 2.08. The molecule has 1 aromatic rings. The minimum absolute atomic E-state index is 0.147. The lowest BCUT2D eigenvalue weighted by Crippen LogP contribution is -2.03. The molecule has 0 saturated heterocycles. The van der Waals surface area contributed by atoms with Crippen LogP contribution >= 0.6 is 11.8 Å². The van der Waals surface area contributed by atoms with Crippen molar-refractivity contribution in [3.05, 3.63) is 17.5 Å². The monoisotopic (exact) mass is 214 g/mol. The van der Waals surface area contributed by atoms with E-state index in [1.807, 2.05) is 24.6 Å². The van der Waals surface area contributed by atoms with Crippen LogP contribution in [0.15, 0.2) is 6.07 Å². The molecule has 0 spiro atoms. The summed E-state index contributed by atoms with van der Waals surface area (Å²) in [5, 5.41) is 12.8. The minimum Gasteiger partial charge on any atom is -0.481 e. The van der Waals surface area contributed by atoms with Crippen LogP contribution in [-0.4, -0.2) is 26.6 Å². The number of hydrogen-bond acceptors (Lipinski definition) is 3. The highest BCUT2D eigenvalue weighted by Crippen LogP contribution is 2.13. The number of thioether (sulfide) groups is 1. The van der Waals surface area contributed by atoms with Gasteiger partial charge in [0, 0.05) is 18.0 Å². The predicted octanol–water partition coefficient (Wildman–Crippen LogP) is 1.53. The summed E-state index contributed by atoms with van der Waals surface area (Å²) in [5.74, 6) is 0.0869. The Morgan fingerprint density at radius 1 is 1.71 bits per heavy atom. The summed E-state index contributed by atoms with van der Waals surface area (Å²) in [6.07, 6.45) is 0. The van der Waals surface area contributed by atoms with Crippen molar-refractivity contribution in [3.63, 3.8) is 0 Å². The Morgan fingerprint density at radius 2 is 2.43 bits per heavy atom. The van der Waals surface area contributed by atoms with Crippen molar-refractivity contribution in [1.82, 2.24) is 9.78 Å². The molecule has 0 bridgehead atoms. The van der Waals surface area contributed by atoms with Crippen molar-refractivity contribution in [2.24, 2.45) is 0 Å². The Morgan fingerprint density at radius 3 is 3.00 bits per heavy atom. The highest BCUT2D eigenvalue weighted by Gasteiger charge is 2.05. The van der Waals surface area contributed by atoms with Crippen molar-refractivity contribution < 1.29 is 9.90 Å². The van der Waals surface area contributed by atoms with E-state index in [4.69, 9.17) is 5.11 Å². The Hall–Kier alpha value is -0.970. The fourth-order valence-corrected chi connectivity index (χ4v) is 1.95. The highest BCUT2D eigenvalue weighted by atomic mass is 32.2. The molecule has 1 N–H and O–H groups in total. The fourth-order valence-electron chi connectivity index (χ4n) is 1.23. The van der Waals surface area contributed by atoms with E-state index in [1.165, 1.54) is 11.8 Å². The van der Waals surface area contributed by atoms with Crippen molar-refractivity contribution in [2.75, 3.05) is 5.75 Å². The first-order valence-electron chi connectivity index (χ1n) is 4.46. The van der Waals surface area contributed by atoms with Gasteiger partial charge in [-0.2, -0.15) is 5.10 Å². The van der Waals surface area contributed by atoms with E-state index < -0.39 is 5.97 Å². The van der Waals surface area contributed by atoms with E-state index in [2.05, 4.69) is 5.10 Å². The lowest BCUT2D eigenvalue weighted by molar-refractivity contribution is -0.133. The number of nitrogens with zero attached hydrogens (tertiary/aromatic N) is 2. The van der Waals surface area contributed by atoms with Crippen LogP contribution in [0, 0.1) is 6.92 Å². The summed E-state index contributed by atoms with van der Waals surface area (Å²) >= 11 is 1.40. The largest absolute Gasteiger partial charge is 0.481 e. The van der Waals surface area contributed by atoms with Crippen molar-refractivity contribution >= 4 is 17.7 Å². The molecule has 4 nitrogen and oxygen atoms in total. The first-order chi connectivity index (χ1) is 6.63. The minimum atomic E-state index is -0.769. The number of hydrogen-bond donors (Lipinski definition) is 1. The van der Waals surface area contributed by atoms with Crippen LogP contribution in [0.3, 0.4) is 0 Å². The summed E-state index contributed by atoms with van der Waals surface area (Å²) < 4.78 is 1.91. The Bertz CT molecular complexity index is 323. The first-order valence-corrected chi connectivity index (χ1v) is 5.61. The second kappa shape index (κ2) is 5.05. The molecule has 0 amide bonds. The van der Waals surface area contributed by atoms with Crippen LogP contribution in [0.1, 0.15) is 18.3 Å². The Kier molecular flexibility index (Phi) is 4.00. The Balaban J connectivity index is 2.52. The number of rotatable bonds is 5. The second-order valence-electron chi connectivity index (χ2n) is 2.98. The molecule has 0 saturated carbocycles. The smallest absolute Gasteiger partial charge is 0.313 e. The maximum atomic E-state index is 10.3. The molecule has 5 heteroatoms. The zero-order valence-electron chi connectivity index (χ0n) is 8.36. The van der Waals surface area contributed by atoms with E-state index in [1.54, 1.807) is 0 Å². The topological polar surface area (TPSA) is 55.1 Å². The van der Waals surface area contributed by atoms with E-state index in [-0.39, 0.29) is 5.75 Å². The van der Waals surface area contributed by atoms with Crippen LogP contribution in [0.25, 0.3) is 0 Å². The van der Waals surface area contributed by atoms with Gasteiger partial charge in [0.1, 0.15) is 0 Å². The summed E-state index contributed by atoms with van der Waals surface area (Å²) in [6.45, 7) is 4.80. The van der Waals surface area contributed by atoms with Crippen molar-refractivity contribution in [2.45, 2.75) is 26.1 Å². The third-order valence-electron chi connectivity index (χ3n) is 1.76. The predicted molar refractivity (Wildman–Crippen MR) is 56.4 cm³/mol. The maximum Gasteiger partial charge on any atom is 0.313 e. The van der Waals surface area contributed by atoms with Gasteiger partial charge in [-0.1, -0.05) is 0 Å². The number of carboxylic acids is 1. The quantitative estimate of drug-likeness (QED) is 0.807. The maximum absolute atomic E-state index is 10.3. The average molecular weight is 214 g/mol. The molecule has 0 aromatic carbocycles. The Labute approximate surface area is 87.3 Å². The lowest BCUT2D eigenvalue weighted by Gasteiger charge is -2.02. The van der Waals surface area contributed by atoms with Crippen molar-refractivity contribution in [3.8, 4) is 0 Å². The zero-order chi connectivity index (χ0) is 10.6. The van der Waals surface area contributed by atoms with E-state index in [9.17, 15) is 4.79 Å². The molecule has 0 fully saturated rings. The van der Waals surface area contributed by atoms with Gasteiger partial charge in [0.25, 0.3) is 0 Å². The molecule has 1 aromatic heterocycles. The molecular formula is C9H14N2O2S. The van der Waals surface area contributed by atoms with Gasteiger partial charge in [0.2, 0.25) is 0 Å². The van der Waals surface area contributed by atoms with E-state index >= 15 is 0 Å². The zero-order valence-corrected chi connectivity index (χ0v) is 9.17. The summed E-state index contributed by atoms with van der Waals surface area (Å²) in [7, 11) is 0. The molecule has 0 radical (unpaired) electrons. The number of carboxylic acid groups (broad SMARTS) is 1. The second-order valence-corrected chi connectivity index (χ2v) is 3.96. The van der Waals surface area contributed by atoms with Gasteiger partial charge in [-0.25, -0.2) is 0 Å². The molecule has 1 heterocycles. The molecule has 0 atom stereocenters. The van der Waals surface area contributed by atoms with Gasteiger partial charge in [0.15, 0.2) is 0 Å². The van der Waals surface area contributed by atoms with Gasteiger partial charge in [-0.05, 0) is 19.9 Å². The molecule has 78 valence electrons. The van der Waals surface area contributed by atoms with Crippen molar-refractivity contribution in [1.29, 1.82) is 0 Å². The highest BCUT2D eigenvalue weighted by molar-refractivity contribution is 7.99. The van der Waals surface area contributed by atoms with Gasteiger partial charge < -0.3 is 5.11 Å². The third-order valence-corrected chi connectivity index (χ3v) is 2.71. The lowest BCUT2D eigenvalue weighted by atomic mass is 10.4. The molecule has 0 aliphatic rings. The summed E-state index contributed by atoms with van der Waals surface area (Å²) in [4.78, 5) is 10.3. The number of carbonyl (C=O) groups is 1. The van der Waals surface area contributed by atoms with Crippen LogP contribution in [0.5, 0.6) is 0 Å². The summed E-state index contributed by atoms with van der Waals surface area (Å²) in [6, 6.07) is 2.00. The molecule has 0 aliphatic carbocycles. The third kappa shape index (κ3) is 3.06. The number of aliphatic carboxylic acids is 1. The van der Waals surface area contributed by atoms with Crippen LogP contribution in [0.2, 0.25) is 0 Å². The van der Waals surface area contributed by atoms with Gasteiger partial charge in [-0.15, -0.1) is 11.8 Å². The van der Waals surface area contributed by atoms with Gasteiger partial charge in [-0.3, -0.25) is 9.48 Å². The average Bonchev–Trinajstić information content (AvgIpc) is 2.45. The van der Waals surface area contributed by atoms with Crippen LogP contribution in [0.4, 0.5) is 0 Å². The fraction of sp³-hybridized carbons (Fsp3) is 0.556. The molecule has 0 aliphatic heterocycles. The standard InChI is InChI=1S/C9H14N2O2S/c1-3-11-8(4-7(2)10-11)5-14-6-9(12)13/h4H,3,5-6H2,1-2H3,(H,12,13).